The zero-order chi connectivity index (χ0) is 13.1. The van der Waals surface area contributed by atoms with Crippen molar-refractivity contribution in [2.45, 2.75) is 38.3 Å². The van der Waals surface area contributed by atoms with E-state index in [0.29, 0.717) is 11.4 Å². The lowest BCUT2D eigenvalue weighted by Gasteiger charge is -2.21. The number of sulfonamides is 1. The zero-order valence-corrected chi connectivity index (χ0v) is 12.4. The Balaban J connectivity index is 3.03. The van der Waals surface area contributed by atoms with Crippen molar-refractivity contribution in [1.29, 1.82) is 0 Å². The van der Waals surface area contributed by atoms with Crippen LogP contribution in [0.4, 0.5) is 0 Å². The van der Waals surface area contributed by atoms with Gasteiger partial charge in [-0.2, -0.15) is 4.31 Å². The van der Waals surface area contributed by atoms with Gasteiger partial charge in [-0.1, -0.05) is 6.92 Å². The van der Waals surface area contributed by atoms with Gasteiger partial charge in [-0.05, 0) is 31.8 Å². The lowest BCUT2D eigenvalue weighted by molar-refractivity contribution is 0.410. The van der Waals surface area contributed by atoms with Crippen LogP contribution in [0.3, 0.4) is 0 Å². The molecule has 0 aliphatic rings. The van der Waals surface area contributed by atoms with E-state index in [1.807, 2.05) is 26.2 Å². The molecule has 6 heteroatoms. The highest BCUT2D eigenvalue weighted by molar-refractivity contribution is 7.89. The molecule has 0 aliphatic carbocycles. The van der Waals surface area contributed by atoms with Crippen LogP contribution in [-0.4, -0.2) is 32.4 Å². The van der Waals surface area contributed by atoms with Crippen LogP contribution in [0.15, 0.2) is 16.3 Å². The highest BCUT2D eigenvalue weighted by Crippen LogP contribution is 2.25. The fourth-order valence-electron chi connectivity index (χ4n) is 1.36. The van der Waals surface area contributed by atoms with Gasteiger partial charge in [0.2, 0.25) is 10.0 Å². The summed E-state index contributed by atoms with van der Waals surface area (Å²) >= 11 is 1.48. The fraction of sp³-hybridized carbons (Fsp3) is 0.636. The third-order valence-corrected chi connectivity index (χ3v) is 5.79. The quantitative estimate of drug-likeness (QED) is 0.863. The third kappa shape index (κ3) is 3.28. The Labute approximate surface area is 108 Å². The summed E-state index contributed by atoms with van der Waals surface area (Å²) in [6, 6.07) is 1.65. The van der Waals surface area contributed by atoms with Gasteiger partial charge < -0.3 is 5.32 Å². The highest BCUT2D eigenvalue weighted by atomic mass is 32.2. The van der Waals surface area contributed by atoms with Crippen LogP contribution in [0.1, 0.15) is 25.6 Å². The molecule has 0 radical (unpaired) electrons. The maximum Gasteiger partial charge on any atom is 0.244 e. The first-order valence-corrected chi connectivity index (χ1v) is 7.98. The largest absolute Gasteiger partial charge is 0.312 e. The van der Waals surface area contributed by atoms with E-state index in [9.17, 15) is 8.42 Å². The third-order valence-electron chi connectivity index (χ3n) is 2.62. The van der Waals surface area contributed by atoms with Gasteiger partial charge in [0.05, 0.1) is 4.90 Å². The van der Waals surface area contributed by atoms with Crippen molar-refractivity contribution < 1.29 is 8.42 Å². The van der Waals surface area contributed by atoms with E-state index in [1.54, 1.807) is 13.1 Å². The number of nitrogens with zero attached hydrogens (tertiary/aromatic N) is 1. The predicted octanol–water partition coefficient (Wildman–Crippen LogP) is 1.89. The molecule has 0 amide bonds. The van der Waals surface area contributed by atoms with E-state index in [4.69, 9.17) is 0 Å². The van der Waals surface area contributed by atoms with Crippen molar-refractivity contribution in [2.24, 2.45) is 0 Å². The van der Waals surface area contributed by atoms with E-state index in [0.717, 1.165) is 11.4 Å². The van der Waals surface area contributed by atoms with E-state index in [-0.39, 0.29) is 6.04 Å². The summed E-state index contributed by atoms with van der Waals surface area (Å²) in [5.74, 6) is 0. The van der Waals surface area contributed by atoms with Gasteiger partial charge in [0, 0.05) is 24.5 Å². The van der Waals surface area contributed by atoms with E-state index in [2.05, 4.69) is 5.32 Å². The molecule has 0 aromatic carbocycles. The highest BCUT2D eigenvalue weighted by Gasteiger charge is 2.26. The molecule has 0 bridgehead atoms. The van der Waals surface area contributed by atoms with Gasteiger partial charge in [0.15, 0.2) is 0 Å². The molecule has 0 unspecified atom stereocenters. The Hall–Kier alpha value is -0.430. The van der Waals surface area contributed by atoms with Gasteiger partial charge >= 0.3 is 0 Å². The maximum atomic E-state index is 12.3. The summed E-state index contributed by atoms with van der Waals surface area (Å²) in [6.45, 7) is 7.18. The smallest absolute Gasteiger partial charge is 0.244 e. The second kappa shape index (κ2) is 5.95. The monoisotopic (exact) mass is 276 g/mol. The normalized spacial score (nSPS) is 12.6. The molecule has 0 saturated carbocycles. The minimum atomic E-state index is -3.35. The summed E-state index contributed by atoms with van der Waals surface area (Å²) in [5, 5.41) is 4.99. The Morgan fingerprint density at radius 2 is 2.12 bits per heavy atom. The minimum Gasteiger partial charge on any atom is -0.312 e. The second-order valence-electron chi connectivity index (χ2n) is 4.10. The molecule has 4 nitrogen and oxygen atoms in total. The molecule has 0 atom stereocenters. The average Bonchev–Trinajstić information content (AvgIpc) is 2.73. The van der Waals surface area contributed by atoms with Crippen molar-refractivity contribution in [3.8, 4) is 0 Å². The molecule has 0 aliphatic heterocycles. The molecule has 0 saturated heterocycles. The first-order chi connectivity index (χ1) is 7.91. The van der Waals surface area contributed by atoms with Crippen LogP contribution in [-0.2, 0) is 16.6 Å². The molecule has 1 N–H and O–H groups in total. The molecule has 1 aromatic rings. The molecular weight excluding hydrogens is 256 g/mol. The van der Waals surface area contributed by atoms with E-state index in [1.165, 1.54) is 15.6 Å². The Morgan fingerprint density at radius 1 is 1.47 bits per heavy atom. The van der Waals surface area contributed by atoms with Crippen molar-refractivity contribution in [3.63, 3.8) is 0 Å². The maximum absolute atomic E-state index is 12.3. The Bertz CT molecular complexity index is 452. The Morgan fingerprint density at radius 3 is 2.65 bits per heavy atom. The molecule has 98 valence electrons. The number of hydrogen-bond acceptors (Lipinski definition) is 4. The number of hydrogen-bond donors (Lipinski definition) is 1. The van der Waals surface area contributed by atoms with Crippen LogP contribution in [0.5, 0.6) is 0 Å². The topological polar surface area (TPSA) is 49.4 Å². The van der Waals surface area contributed by atoms with Crippen LogP contribution >= 0.6 is 11.3 Å². The summed E-state index contributed by atoms with van der Waals surface area (Å²) in [5.41, 5.74) is 0. The lowest BCUT2D eigenvalue weighted by atomic mass is 10.4. The average molecular weight is 276 g/mol. The molecule has 17 heavy (non-hydrogen) atoms. The van der Waals surface area contributed by atoms with Gasteiger partial charge in [0.1, 0.15) is 0 Å². The summed E-state index contributed by atoms with van der Waals surface area (Å²) < 4.78 is 26.1. The van der Waals surface area contributed by atoms with Crippen LogP contribution in [0.2, 0.25) is 0 Å². The standard InChI is InChI=1S/C11H20N2O2S2/c1-5-12-8-10-11(6-7-16-10)17(14,15)13(4)9(2)3/h6-7,9,12H,5,8H2,1-4H3. The van der Waals surface area contributed by atoms with Crippen molar-refractivity contribution in [3.05, 3.63) is 16.3 Å². The number of rotatable bonds is 6. The van der Waals surface area contributed by atoms with Gasteiger partial charge in [-0.15, -0.1) is 11.3 Å². The first kappa shape index (κ1) is 14.6. The zero-order valence-electron chi connectivity index (χ0n) is 10.7. The molecule has 1 rings (SSSR count). The summed E-state index contributed by atoms with van der Waals surface area (Å²) in [6.07, 6.45) is 0. The summed E-state index contributed by atoms with van der Waals surface area (Å²) in [7, 11) is -1.73. The molecule has 0 fully saturated rings. The van der Waals surface area contributed by atoms with Crippen LogP contribution in [0, 0.1) is 0 Å². The molecular formula is C11H20N2O2S2. The molecule has 1 aromatic heterocycles. The van der Waals surface area contributed by atoms with Gasteiger partial charge in [0.25, 0.3) is 0 Å². The van der Waals surface area contributed by atoms with Gasteiger partial charge in [-0.3, -0.25) is 0 Å². The Kier molecular flexibility index (Phi) is 5.12. The lowest BCUT2D eigenvalue weighted by Crippen LogP contribution is -2.33. The number of nitrogens with one attached hydrogen (secondary N) is 1. The van der Waals surface area contributed by atoms with Crippen LogP contribution < -0.4 is 5.32 Å². The molecule has 1 heterocycles. The second-order valence-corrected chi connectivity index (χ2v) is 7.07. The van der Waals surface area contributed by atoms with E-state index < -0.39 is 10.0 Å². The SMILES string of the molecule is CCNCc1sccc1S(=O)(=O)N(C)C(C)C. The van der Waals surface area contributed by atoms with Crippen molar-refractivity contribution in [1.82, 2.24) is 9.62 Å². The van der Waals surface area contributed by atoms with Crippen molar-refractivity contribution in [2.75, 3.05) is 13.6 Å². The summed E-state index contributed by atoms with van der Waals surface area (Å²) in [4.78, 5) is 1.30. The minimum absolute atomic E-state index is 0.0353. The predicted molar refractivity (Wildman–Crippen MR) is 71.8 cm³/mol. The van der Waals surface area contributed by atoms with Gasteiger partial charge in [-0.25, -0.2) is 8.42 Å². The first-order valence-electron chi connectivity index (χ1n) is 5.66. The fourth-order valence-corrected chi connectivity index (χ4v) is 4.11. The van der Waals surface area contributed by atoms with E-state index >= 15 is 0 Å². The van der Waals surface area contributed by atoms with Crippen LogP contribution in [0.25, 0.3) is 0 Å². The molecule has 0 spiro atoms. The van der Waals surface area contributed by atoms with Crippen molar-refractivity contribution >= 4 is 21.4 Å². The number of thiophene rings is 1.